The number of benzene rings is 2. The normalized spacial score (nSPS) is 16.4. The third kappa shape index (κ3) is 6.52. The number of carbonyl (C=O) groups excluding carboxylic acids is 1. The molecule has 0 spiro atoms. The summed E-state index contributed by atoms with van der Waals surface area (Å²) in [5, 5.41) is 7.18. The third-order valence-electron chi connectivity index (χ3n) is 6.81. The van der Waals surface area contributed by atoms with Crippen LogP contribution in [0.4, 0.5) is 17.1 Å². The van der Waals surface area contributed by atoms with Crippen LogP contribution in [0.25, 0.3) is 0 Å². The Morgan fingerprint density at radius 2 is 1.86 bits per heavy atom. The summed E-state index contributed by atoms with van der Waals surface area (Å²) < 4.78 is 26.1. The highest BCUT2D eigenvalue weighted by molar-refractivity contribution is 7.91. The van der Waals surface area contributed by atoms with Gasteiger partial charge in [-0.3, -0.25) is 9.52 Å². The quantitative estimate of drug-likeness (QED) is 0.406. The van der Waals surface area contributed by atoms with E-state index >= 15 is 0 Å². The summed E-state index contributed by atoms with van der Waals surface area (Å²) in [4.78, 5) is 15.0. The Labute approximate surface area is 217 Å². The van der Waals surface area contributed by atoms with Crippen LogP contribution in [0.1, 0.15) is 69.6 Å². The van der Waals surface area contributed by atoms with Crippen molar-refractivity contribution in [3.05, 3.63) is 53.1 Å². The van der Waals surface area contributed by atoms with Gasteiger partial charge in [0, 0.05) is 44.2 Å². The van der Waals surface area contributed by atoms with E-state index in [2.05, 4.69) is 77.5 Å². The minimum absolute atomic E-state index is 0.0799. The molecule has 2 atom stereocenters. The lowest BCUT2D eigenvalue weighted by Crippen LogP contribution is -2.44. The Balaban J connectivity index is 1.74. The van der Waals surface area contributed by atoms with E-state index in [4.69, 9.17) is 0 Å². The van der Waals surface area contributed by atoms with Crippen molar-refractivity contribution in [3.8, 4) is 0 Å². The SMILES string of the molecule is CCCC(CC(=O)NS(=O)(=O)C(C)(C)C)Nc1cc(C)ccc1NCC1CN(C)c2cccc(C)c21. The predicted molar refractivity (Wildman–Crippen MR) is 151 cm³/mol. The van der Waals surface area contributed by atoms with E-state index in [1.54, 1.807) is 20.8 Å². The van der Waals surface area contributed by atoms with Gasteiger partial charge >= 0.3 is 0 Å². The van der Waals surface area contributed by atoms with E-state index in [-0.39, 0.29) is 12.5 Å². The second-order valence-corrected chi connectivity index (χ2v) is 13.4. The van der Waals surface area contributed by atoms with Crippen LogP contribution in [0.15, 0.2) is 36.4 Å². The van der Waals surface area contributed by atoms with Gasteiger partial charge in [0.15, 0.2) is 0 Å². The molecular formula is C28H42N4O3S. The van der Waals surface area contributed by atoms with Crippen LogP contribution < -0.4 is 20.3 Å². The summed E-state index contributed by atoms with van der Waals surface area (Å²) in [5.74, 6) is -0.112. The van der Waals surface area contributed by atoms with Crippen molar-refractivity contribution in [3.63, 3.8) is 0 Å². The van der Waals surface area contributed by atoms with Crippen LogP contribution in [-0.2, 0) is 14.8 Å². The summed E-state index contributed by atoms with van der Waals surface area (Å²) in [6.07, 6.45) is 1.70. The summed E-state index contributed by atoms with van der Waals surface area (Å²) in [6, 6.07) is 12.5. The summed E-state index contributed by atoms with van der Waals surface area (Å²) in [5.41, 5.74) is 7.02. The van der Waals surface area contributed by atoms with Gasteiger partial charge in [-0.25, -0.2) is 8.42 Å². The molecule has 2 unspecified atom stereocenters. The topological polar surface area (TPSA) is 90.5 Å². The molecule has 8 heteroatoms. The highest BCUT2D eigenvalue weighted by Gasteiger charge is 2.31. The number of carbonyl (C=O) groups is 1. The first-order chi connectivity index (χ1) is 16.8. The Bertz CT molecular complexity index is 1190. The average molecular weight is 515 g/mol. The number of nitrogens with zero attached hydrogens (tertiary/aromatic N) is 1. The molecule has 198 valence electrons. The van der Waals surface area contributed by atoms with Crippen molar-refractivity contribution in [1.82, 2.24) is 4.72 Å². The van der Waals surface area contributed by atoms with E-state index < -0.39 is 20.7 Å². The van der Waals surface area contributed by atoms with E-state index in [0.29, 0.717) is 5.92 Å². The van der Waals surface area contributed by atoms with Gasteiger partial charge in [-0.15, -0.1) is 0 Å². The van der Waals surface area contributed by atoms with Crippen LogP contribution in [0, 0.1) is 13.8 Å². The Morgan fingerprint density at radius 1 is 1.14 bits per heavy atom. The monoisotopic (exact) mass is 514 g/mol. The van der Waals surface area contributed by atoms with Gasteiger partial charge in [-0.2, -0.15) is 0 Å². The van der Waals surface area contributed by atoms with Crippen molar-refractivity contribution in [2.45, 2.75) is 77.5 Å². The predicted octanol–water partition coefficient (Wildman–Crippen LogP) is 5.16. The van der Waals surface area contributed by atoms with Gasteiger partial charge < -0.3 is 15.5 Å². The second-order valence-electron chi connectivity index (χ2n) is 11.0. The highest BCUT2D eigenvalue weighted by Crippen LogP contribution is 2.38. The third-order valence-corrected chi connectivity index (χ3v) is 8.92. The molecule has 36 heavy (non-hydrogen) atoms. The Kier molecular flexibility index (Phi) is 8.59. The molecule has 0 aromatic heterocycles. The summed E-state index contributed by atoms with van der Waals surface area (Å²) in [6.45, 7) is 12.8. The van der Waals surface area contributed by atoms with Crippen LogP contribution in [0.5, 0.6) is 0 Å². The number of aryl methyl sites for hydroxylation is 2. The number of likely N-dealkylation sites (N-methyl/N-ethyl adjacent to an activating group) is 1. The van der Waals surface area contributed by atoms with Crippen molar-refractivity contribution in [2.75, 3.05) is 35.7 Å². The molecule has 1 amide bonds. The maximum Gasteiger partial charge on any atom is 0.239 e. The van der Waals surface area contributed by atoms with Gasteiger partial charge in [-0.1, -0.05) is 31.5 Å². The molecule has 0 fully saturated rings. The minimum atomic E-state index is -3.74. The zero-order valence-electron chi connectivity index (χ0n) is 22.7. The fourth-order valence-electron chi connectivity index (χ4n) is 4.74. The fourth-order valence-corrected chi connectivity index (χ4v) is 5.43. The number of amides is 1. The maximum atomic E-state index is 12.7. The molecule has 0 bridgehead atoms. The van der Waals surface area contributed by atoms with Crippen LogP contribution in [0.2, 0.25) is 0 Å². The smallest absolute Gasteiger partial charge is 0.239 e. The van der Waals surface area contributed by atoms with Gasteiger partial charge in [0.05, 0.1) is 16.1 Å². The molecule has 7 nitrogen and oxygen atoms in total. The number of fused-ring (bicyclic) bond motifs is 1. The lowest BCUT2D eigenvalue weighted by atomic mass is 9.96. The Hall–Kier alpha value is -2.74. The largest absolute Gasteiger partial charge is 0.383 e. The summed E-state index contributed by atoms with van der Waals surface area (Å²) in [7, 11) is -1.60. The Morgan fingerprint density at radius 3 is 2.53 bits per heavy atom. The molecular weight excluding hydrogens is 472 g/mol. The number of rotatable bonds is 10. The molecule has 1 aliphatic rings. The van der Waals surface area contributed by atoms with Crippen molar-refractivity contribution in [1.29, 1.82) is 0 Å². The lowest BCUT2D eigenvalue weighted by Gasteiger charge is -2.24. The van der Waals surface area contributed by atoms with Crippen LogP contribution in [-0.4, -0.2) is 45.3 Å². The fraction of sp³-hybridized carbons (Fsp3) is 0.536. The number of anilines is 3. The molecule has 1 heterocycles. The van der Waals surface area contributed by atoms with Crippen molar-refractivity contribution < 1.29 is 13.2 Å². The van der Waals surface area contributed by atoms with E-state index in [0.717, 1.165) is 42.9 Å². The first-order valence-electron chi connectivity index (χ1n) is 12.8. The number of nitrogens with one attached hydrogen (secondary N) is 3. The van der Waals surface area contributed by atoms with E-state index in [1.165, 1.54) is 16.8 Å². The molecule has 0 saturated carbocycles. The van der Waals surface area contributed by atoms with Crippen LogP contribution >= 0.6 is 0 Å². The zero-order chi connectivity index (χ0) is 26.7. The van der Waals surface area contributed by atoms with Crippen molar-refractivity contribution >= 4 is 33.0 Å². The zero-order valence-corrected chi connectivity index (χ0v) is 23.6. The summed E-state index contributed by atoms with van der Waals surface area (Å²) >= 11 is 0. The average Bonchev–Trinajstić information content (AvgIpc) is 3.09. The van der Waals surface area contributed by atoms with Crippen molar-refractivity contribution in [2.24, 2.45) is 0 Å². The molecule has 2 aromatic carbocycles. The number of sulfonamides is 1. The molecule has 3 N–H and O–H groups in total. The number of hydrogen-bond donors (Lipinski definition) is 3. The molecule has 0 saturated heterocycles. The van der Waals surface area contributed by atoms with Gasteiger partial charge in [0.25, 0.3) is 0 Å². The van der Waals surface area contributed by atoms with E-state index in [9.17, 15) is 13.2 Å². The standard InChI is InChI=1S/C28H42N4O3S/c1-8-10-22(16-26(33)31-36(34,35)28(4,5)6)30-24-15-19(2)13-14-23(24)29-17-21-18-32(7)25-12-9-11-20(3)27(21)25/h9,11-15,21-22,29-30H,8,10,16-18H2,1-7H3,(H,31,33). The molecule has 0 aliphatic carbocycles. The first-order valence-corrected chi connectivity index (χ1v) is 14.3. The van der Waals surface area contributed by atoms with E-state index in [1.807, 2.05) is 6.92 Å². The van der Waals surface area contributed by atoms with Gasteiger partial charge in [0.1, 0.15) is 0 Å². The molecule has 0 radical (unpaired) electrons. The molecule has 2 aromatic rings. The first kappa shape index (κ1) is 27.8. The molecule has 3 rings (SSSR count). The lowest BCUT2D eigenvalue weighted by molar-refractivity contribution is -0.119. The minimum Gasteiger partial charge on any atom is -0.383 e. The molecule has 1 aliphatic heterocycles. The number of hydrogen-bond acceptors (Lipinski definition) is 6. The van der Waals surface area contributed by atoms with Crippen LogP contribution in [0.3, 0.4) is 0 Å². The highest BCUT2D eigenvalue weighted by atomic mass is 32.2. The van der Waals surface area contributed by atoms with Gasteiger partial charge in [0.2, 0.25) is 15.9 Å². The second kappa shape index (κ2) is 11.1. The maximum absolute atomic E-state index is 12.7. The van der Waals surface area contributed by atoms with Gasteiger partial charge in [-0.05, 0) is 75.9 Å².